The minimum atomic E-state index is -0.302. The number of aromatic nitrogens is 3. The van der Waals surface area contributed by atoms with E-state index in [9.17, 15) is 4.79 Å². The van der Waals surface area contributed by atoms with Crippen LogP contribution in [0.2, 0.25) is 0 Å². The van der Waals surface area contributed by atoms with E-state index < -0.39 is 0 Å². The maximum Gasteiger partial charge on any atom is 0.217 e. The number of hydrogen-bond donors (Lipinski definition) is 2. The average Bonchev–Trinajstić information content (AvgIpc) is 2.97. The van der Waals surface area contributed by atoms with Crippen molar-refractivity contribution >= 4 is 18.1 Å². The zero-order valence-electron chi connectivity index (χ0n) is 16.1. The summed E-state index contributed by atoms with van der Waals surface area (Å²) in [5, 5.41) is 4.68. The van der Waals surface area contributed by atoms with Gasteiger partial charge in [0.25, 0.3) is 0 Å². The maximum atomic E-state index is 11.1. The molecule has 1 aliphatic rings. The number of amides is 1. The van der Waals surface area contributed by atoms with Crippen LogP contribution < -0.4 is 10.6 Å². The van der Waals surface area contributed by atoms with Gasteiger partial charge in [-0.3, -0.25) is 4.79 Å². The van der Waals surface area contributed by atoms with Crippen LogP contribution in [0.15, 0.2) is 30.3 Å². The second-order valence-corrected chi connectivity index (χ2v) is 7.82. The number of carbonyl (C=O) groups is 1. The fourth-order valence-corrected chi connectivity index (χ4v) is 4.27. The Morgan fingerprint density at radius 3 is 2.63 bits per heavy atom. The second-order valence-electron chi connectivity index (χ2n) is 7.45. The molecule has 6 nitrogen and oxygen atoms in total. The van der Waals surface area contributed by atoms with Crippen molar-refractivity contribution in [3.8, 4) is 0 Å². The maximum absolute atomic E-state index is 11.1. The largest absolute Gasteiger partial charge is 0.370 e. The molecule has 27 heavy (non-hydrogen) atoms. The number of likely N-dealkylation sites (tertiary alicyclic amines) is 1. The summed E-state index contributed by atoms with van der Waals surface area (Å²) < 4.78 is 4.69. The summed E-state index contributed by atoms with van der Waals surface area (Å²) in [6, 6.07) is 10.8. The molecule has 1 fully saturated rings. The number of aryl methyl sites for hydroxylation is 1. The second kappa shape index (κ2) is 9.28. The van der Waals surface area contributed by atoms with Gasteiger partial charge in [-0.05, 0) is 49.9 Å². The fraction of sp³-hybridized carbons (Fsp3) is 0.550. The van der Waals surface area contributed by atoms with Gasteiger partial charge in [0.15, 0.2) is 6.67 Å². The molecule has 2 aromatic rings. The van der Waals surface area contributed by atoms with E-state index in [1.807, 2.05) is 9.25 Å². The Hall–Kier alpha value is -1.99. The van der Waals surface area contributed by atoms with Crippen LogP contribution in [0.3, 0.4) is 0 Å². The molecule has 0 spiro atoms. The molecule has 3 rings (SSSR count). The van der Waals surface area contributed by atoms with E-state index >= 15 is 0 Å². The van der Waals surface area contributed by atoms with Gasteiger partial charge < -0.3 is 15.2 Å². The van der Waals surface area contributed by atoms with Crippen molar-refractivity contribution in [2.24, 2.45) is 11.7 Å². The summed E-state index contributed by atoms with van der Waals surface area (Å²) in [5.41, 5.74) is 6.72. The van der Waals surface area contributed by atoms with Crippen molar-refractivity contribution in [2.45, 2.75) is 52.2 Å². The first-order valence-electron chi connectivity index (χ1n) is 9.89. The predicted octanol–water partition coefficient (Wildman–Crippen LogP) is 1.35. The molecule has 0 aliphatic carbocycles. The minimum absolute atomic E-state index is 0.302. The van der Waals surface area contributed by atoms with Crippen LogP contribution in [0, 0.1) is 10.7 Å². The smallest absolute Gasteiger partial charge is 0.217 e. The van der Waals surface area contributed by atoms with Crippen molar-refractivity contribution in [1.29, 1.82) is 0 Å². The van der Waals surface area contributed by atoms with E-state index in [0.29, 0.717) is 12.8 Å². The highest BCUT2D eigenvalue weighted by molar-refractivity contribution is 7.71. The molecule has 7 heteroatoms. The van der Waals surface area contributed by atoms with E-state index in [1.165, 1.54) is 29.7 Å². The van der Waals surface area contributed by atoms with Crippen molar-refractivity contribution in [1.82, 2.24) is 14.3 Å². The third-order valence-electron chi connectivity index (χ3n) is 5.46. The van der Waals surface area contributed by atoms with E-state index in [-0.39, 0.29) is 5.91 Å². The van der Waals surface area contributed by atoms with Crippen LogP contribution in [-0.2, 0) is 30.8 Å². The molecule has 1 aromatic heterocycles. The van der Waals surface area contributed by atoms with Crippen LogP contribution in [0.1, 0.15) is 37.6 Å². The lowest BCUT2D eigenvalue weighted by Gasteiger charge is -2.29. The van der Waals surface area contributed by atoms with Crippen LogP contribution in [0.25, 0.3) is 0 Å². The van der Waals surface area contributed by atoms with Gasteiger partial charge in [-0.15, -0.1) is 0 Å². The number of primary amides is 1. The molecule has 0 radical (unpaired) electrons. The minimum Gasteiger partial charge on any atom is -0.370 e. The summed E-state index contributed by atoms with van der Waals surface area (Å²) in [4.78, 5) is 12.6. The molecule has 1 amide bonds. The van der Waals surface area contributed by atoms with Crippen molar-refractivity contribution in [3.05, 3.63) is 46.5 Å². The molecule has 146 valence electrons. The average molecular weight is 389 g/mol. The molecule has 2 heterocycles. The number of nitrogens with zero attached hydrogens (tertiary/aromatic N) is 3. The van der Waals surface area contributed by atoms with Crippen molar-refractivity contribution in [3.63, 3.8) is 0 Å². The van der Waals surface area contributed by atoms with Gasteiger partial charge in [0, 0.05) is 19.4 Å². The normalized spacial score (nSPS) is 19.9. The Bertz CT molecular complexity index is 806. The summed E-state index contributed by atoms with van der Waals surface area (Å²) in [6.07, 6.45) is 4.51. The molecule has 1 saturated heterocycles. The molecular weight excluding hydrogens is 358 g/mol. The summed E-state index contributed by atoms with van der Waals surface area (Å²) in [6.45, 7) is 5.91. The number of carbonyl (C=O) groups excluding carboxylic acids is 1. The zero-order valence-corrected chi connectivity index (χ0v) is 16.9. The third kappa shape index (κ3) is 5.26. The first-order chi connectivity index (χ1) is 13.1. The van der Waals surface area contributed by atoms with Crippen molar-refractivity contribution < 1.29 is 9.69 Å². The van der Waals surface area contributed by atoms with Crippen LogP contribution >= 0.6 is 12.2 Å². The molecule has 0 atom stereocenters. The number of nitrogens with one attached hydrogen (secondary N) is 1. The SMILES string of the molecule is CCn1c(CCC(N)=O)nn(C[NH+]2CCC(Cc3ccccc3)CC2)c1=S. The van der Waals surface area contributed by atoms with Gasteiger partial charge in [-0.25, -0.2) is 0 Å². The Kier molecular flexibility index (Phi) is 6.79. The number of hydrogen-bond acceptors (Lipinski definition) is 3. The molecule has 0 saturated carbocycles. The quantitative estimate of drug-likeness (QED) is 0.671. The molecule has 0 unspecified atom stereocenters. The Labute approximate surface area is 166 Å². The summed E-state index contributed by atoms with van der Waals surface area (Å²) >= 11 is 5.60. The van der Waals surface area contributed by atoms with E-state index in [4.69, 9.17) is 18.0 Å². The van der Waals surface area contributed by atoms with E-state index in [0.717, 1.165) is 42.8 Å². The zero-order chi connectivity index (χ0) is 19.2. The Morgan fingerprint density at radius 1 is 1.30 bits per heavy atom. The van der Waals surface area contributed by atoms with Gasteiger partial charge in [0.1, 0.15) is 5.82 Å². The van der Waals surface area contributed by atoms with Crippen LogP contribution in [0.4, 0.5) is 0 Å². The molecular formula is C20H30N5OS+. The first kappa shape index (κ1) is 19.8. The number of piperidine rings is 1. The van der Waals surface area contributed by atoms with Crippen LogP contribution in [0.5, 0.6) is 0 Å². The number of benzene rings is 1. The van der Waals surface area contributed by atoms with E-state index in [1.54, 1.807) is 0 Å². The lowest BCUT2D eigenvalue weighted by Crippen LogP contribution is -3.12. The standard InChI is InChI=1S/C20H29N5OS/c1-2-24-19(9-8-18(21)26)22-25(20(24)27)15-23-12-10-17(11-13-23)14-16-6-4-3-5-7-16/h3-7,17H,2,8-15H2,1H3,(H2,21,26)/p+1. The predicted molar refractivity (Wildman–Crippen MR) is 108 cm³/mol. The molecule has 1 aliphatic heterocycles. The lowest BCUT2D eigenvalue weighted by atomic mass is 9.90. The monoisotopic (exact) mass is 388 g/mol. The summed E-state index contributed by atoms with van der Waals surface area (Å²) in [5.74, 6) is 1.33. The van der Waals surface area contributed by atoms with Crippen molar-refractivity contribution in [2.75, 3.05) is 13.1 Å². The highest BCUT2D eigenvalue weighted by Crippen LogP contribution is 2.16. The topological polar surface area (TPSA) is 70.3 Å². The molecule has 1 aromatic carbocycles. The Morgan fingerprint density at radius 2 is 2.00 bits per heavy atom. The number of quaternary nitrogens is 1. The number of nitrogens with two attached hydrogens (primary N) is 1. The van der Waals surface area contributed by atoms with Gasteiger partial charge in [-0.1, -0.05) is 30.3 Å². The van der Waals surface area contributed by atoms with Gasteiger partial charge in [0.05, 0.1) is 13.1 Å². The highest BCUT2D eigenvalue weighted by Gasteiger charge is 2.23. The highest BCUT2D eigenvalue weighted by atomic mass is 32.1. The molecule has 0 bridgehead atoms. The fourth-order valence-electron chi connectivity index (χ4n) is 3.93. The molecule has 3 N–H and O–H groups in total. The number of rotatable bonds is 8. The van der Waals surface area contributed by atoms with E-state index in [2.05, 4.69) is 42.4 Å². The Balaban J connectivity index is 1.57. The van der Waals surface area contributed by atoms with Gasteiger partial charge >= 0.3 is 0 Å². The summed E-state index contributed by atoms with van der Waals surface area (Å²) in [7, 11) is 0. The first-order valence-corrected chi connectivity index (χ1v) is 10.3. The lowest BCUT2D eigenvalue weighted by molar-refractivity contribution is -0.929. The third-order valence-corrected chi connectivity index (χ3v) is 5.89. The van der Waals surface area contributed by atoms with Gasteiger partial charge in [0.2, 0.25) is 10.7 Å². The van der Waals surface area contributed by atoms with Crippen LogP contribution in [-0.4, -0.2) is 33.3 Å². The van der Waals surface area contributed by atoms with Gasteiger partial charge in [-0.2, -0.15) is 9.78 Å².